The smallest absolute Gasteiger partial charge is 0.277 e. The van der Waals surface area contributed by atoms with Crippen molar-refractivity contribution < 1.29 is 13.8 Å². The maximum absolute atomic E-state index is 10.7. The summed E-state index contributed by atoms with van der Waals surface area (Å²) in [6, 6.07) is 13.7. The predicted octanol–water partition coefficient (Wildman–Crippen LogP) is 4.30. The number of non-ortho nitro benzene ring substituents is 1. The summed E-state index contributed by atoms with van der Waals surface area (Å²) in [5.74, 6) is 1.48. The summed E-state index contributed by atoms with van der Waals surface area (Å²) in [4.78, 5) is 10.2. The Morgan fingerprint density at radius 2 is 1.71 bits per heavy atom. The number of nitrogens with zero attached hydrogens (tertiary/aromatic N) is 5. The fraction of sp³-hybridized carbons (Fsp3) is 0.111. The van der Waals surface area contributed by atoms with Gasteiger partial charge in [-0.25, -0.2) is 0 Å². The molecule has 0 saturated heterocycles. The Labute approximate surface area is 163 Å². The minimum absolute atomic E-state index is 0.000137. The molecule has 0 aliphatic heterocycles. The van der Waals surface area contributed by atoms with Gasteiger partial charge in [0.2, 0.25) is 17.7 Å². The average molecular weight is 395 g/mol. The number of hydrogen-bond donors (Lipinski definition) is 0. The summed E-state index contributed by atoms with van der Waals surface area (Å²) >= 11 is 1.28. The van der Waals surface area contributed by atoms with E-state index in [1.165, 1.54) is 23.9 Å². The molecular weight excluding hydrogens is 382 g/mol. The molecule has 2 aromatic carbocycles. The topological polar surface area (TPSA) is 121 Å². The summed E-state index contributed by atoms with van der Waals surface area (Å²) < 4.78 is 11.3. The monoisotopic (exact) mass is 395 g/mol. The largest absolute Gasteiger partial charge is 0.420 e. The lowest BCUT2D eigenvalue weighted by Crippen LogP contribution is -1.87. The van der Waals surface area contributed by atoms with Gasteiger partial charge in [0.25, 0.3) is 10.9 Å². The highest BCUT2D eigenvalue weighted by molar-refractivity contribution is 7.98. The molecule has 0 radical (unpaired) electrons. The number of rotatable bonds is 6. The molecule has 0 fully saturated rings. The third kappa shape index (κ3) is 3.91. The van der Waals surface area contributed by atoms with Crippen LogP contribution in [0.3, 0.4) is 0 Å². The van der Waals surface area contributed by atoms with Gasteiger partial charge in [-0.1, -0.05) is 29.5 Å². The van der Waals surface area contributed by atoms with Crippen molar-refractivity contribution >= 4 is 17.4 Å². The fourth-order valence-electron chi connectivity index (χ4n) is 2.44. The van der Waals surface area contributed by atoms with Gasteiger partial charge in [-0.2, -0.15) is 0 Å². The zero-order valence-electron chi connectivity index (χ0n) is 14.6. The highest BCUT2D eigenvalue weighted by atomic mass is 32.2. The van der Waals surface area contributed by atoms with Crippen LogP contribution in [0.5, 0.6) is 0 Å². The molecule has 0 atom stereocenters. The highest BCUT2D eigenvalue weighted by Gasteiger charge is 2.14. The van der Waals surface area contributed by atoms with Crippen molar-refractivity contribution in [1.82, 2.24) is 20.4 Å². The Bertz CT molecular complexity index is 1120. The molecule has 4 rings (SSSR count). The van der Waals surface area contributed by atoms with Crippen molar-refractivity contribution in [2.75, 3.05) is 0 Å². The number of aryl methyl sites for hydroxylation is 1. The first-order chi connectivity index (χ1) is 13.6. The SMILES string of the molecule is Cc1cccc(-c2nnc(SCc3nnc(-c4ccc([N+](=O)[O-])cc4)o3)o2)c1. The maximum atomic E-state index is 10.7. The molecule has 0 spiro atoms. The molecular formula is C18H13N5O4S. The zero-order chi connectivity index (χ0) is 19.5. The lowest BCUT2D eigenvalue weighted by Gasteiger charge is -1.96. The van der Waals surface area contributed by atoms with E-state index in [9.17, 15) is 10.1 Å². The number of nitro groups is 1. The summed E-state index contributed by atoms with van der Waals surface area (Å²) in [5, 5.41) is 27.1. The van der Waals surface area contributed by atoms with Gasteiger partial charge in [-0.05, 0) is 31.2 Å². The van der Waals surface area contributed by atoms with Gasteiger partial charge in [0.05, 0.1) is 10.7 Å². The van der Waals surface area contributed by atoms with Crippen LogP contribution in [0.1, 0.15) is 11.5 Å². The Balaban J connectivity index is 1.42. The third-order valence-corrected chi connectivity index (χ3v) is 4.59. The van der Waals surface area contributed by atoms with Crippen LogP contribution in [0.2, 0.25) is 0 Å². The van der Waals surface area contributed by atoms with Gasteiger partial charge in [0.1, 0.15) is 0 Å². The first-order valence-corrected chi connectivity index (χ1v) is 9.17. The van der Waals surface area contributed by atoms with Crippen LogP contribution in [0.15, 0.2) is 62.6 Å². The van der Waals surface area contributed by atoms with Crippen LogP contribution < -0.4 is 0 Å². The van der Waals surface area contributed by atoms with E-state index in [1.54, 1.807) is 12.1 Å². The Morgan fingerprint density at radius 3 is 2.46 bits per heavy atom. The van der Waals surface area contributed by atoms with Crippen molar-refractivity contribution in [2.45, 2.75) is 17.9 Å². The van der Waals surface area contributed by atoms with E-state index in [0.29, 0.717) is 28.3 Å². The number of thioether (sulfide) groups is 1. The van der Waals surface area contributed by atoms with Crippen molar-refractivity contribution in [1.29, 1.82) is 0 Å². The molecule has 10 heteroatoms. The summed E-state index contributed by atoms with van der Waals surface area (Å²) in [5.41, 5.74) is 2.57. The van der Waals surface area contributed by atoms with E-state index in [0.717, 1.165) is 11.1 Å². The van der Waals surface area contributed by atoms with Crippen LogP contribution in [0, 0.1) is 17.0 Å². The van der Waals surface area contributed by atoms with Crippen LogP contribution in [0.25, 0.3) is 22.9 Å². The normalized spacial score (nSPS) is 10.9. The summed E-state index contributed by atoms with van der Waals surface area (Å²) in [6.45, 7) is 1.99. The van der Waals surface area contributed by atoms with Gasteiger partial charge in [0.15, 0.2) is 0 Å². The highest BCUT2D eigenvalue weighted by Crippen LogP contribution is 2.27. The van der Waals surface area contributed by atoms with E-state index in [2.05, 4.69) is 20.4 Å². The van der Waals surface area contributed by atoms with Crippen LogP contribution in [0.4, 0.5) is 5.69 Å². The molecule has 140 valence electrons. The lowest BCUT2D eigenvalue weighted by atomic mass is 10.1. The zero-order valence-corrected chi connectivity index (χ0v) is 15.4. The average Bonchev–Trinajstić information content (AvgIpc) is 3.36. The number of benzene rings is 2. The van der Waals surface area contributed by atoms with Gasteiger partial charge in [0, 0.05) is 23.3 Å². The number of aromatic nitrogens is 4. The molecule has 28 heavy (non-hydrogen) atoms. The molecule has 0 aliphatic rings. The maximum Gasteiger partial charge on any atom is 0.277 e. The second kappa shape index (κ2) is 7.61. The van der Waals surface area contributed by atoms with E-state index in [1.807, 2.05) is 31.2 Å². The molecule has 0 N–H and O–H groups in total. The Kier molecular flexibility index (Phi) is 4.85. The van der Waals surface area contributed by atoms with Crippen molar-refractivity contribution in [3.05, 3.63) is 70.1 Å². The summed E-state index contributed by atoms with van der Waals surface area (Å²) in [6.07, 6.45) is 0. The molecule has 4 aromatic rings. The second-order valence-corrected chi connectivity index (χ2v) is 6.76. The van der Waals surface area contributed by atoms with E-state index in [-0.39, 0.29) is 11.6 Å². The fourth-order valence-corrected chi connectivity index (χ4v) is 3.04. The molecule has 2 heterocycles. The van der Waals surface area contributed by atoms with Crippen LogP contribution in [-0.2, 0) is 5.75 Å². The molecule has 0 aliphatic carbocycles. The molecule has 0 unspecified atom stereocenters. The second-order valence-electron chi connectivity index (χ2n) is 5.84. The van der Waals surface area contributed by atoms with Gasteiger partial charge < -0.3 is 8.83 Å². The van der Waals surface area contributed by atoms with Crippen LogP contribution in [-0.4, -0.2) is 25.3 Å². The number of hydrogen-bond acceptors (Lipinski definition) is 9. The number of nitro benzene ring substituents is 1. The summed E-state index contributed by atoms with van der Waals surface area (Å²) in [7, 11) is 0. The standard InChI is InChI=1S/C18H13N5O4S/c1-11-3-2-4-13(9-11)17-21-22-18(27-17)28-10-15-19-20-16(26-15)12-5-7-14(8-6-12)23(24)25/h2-9H,10H2,1H3. The molecule has 9 nitrogen and oxygen atoms in total. The van der Waals surface area contributed by atoms with Gasteiger partial charge in [-0.15, -0.1) is 20.4 Å². The molecule has 0 amide bonds. The van der Waals surface area contributed by atoms with Gasteiger partial charge >= 0.3 is 0 Å². The quantitative estimate of drug-likeness (QED) is 0.267. The molecule has 2 aromatic heterocycles. The van der Waals surface area contributed by atoms with Crippen molar-refractivity contribution in [3.8, 4) is 22.9 Å². The Hall–Kier alpha value is -3.53. The Morgan fingerprint density at radius 1 is 0.964 bits per heavy atom. The lowest BCUT2D eigenvalue weighted by molar-refractivity contribution is -0.384. The van der Waals surface area contributed by atoms with Crippen molar-refractivity contribution in [2.24, 2.45) is 0 Å². The van der Waals surface area contributed by atoms with E-state index < -0.39 is 4.92 Å². The minimum atomic E-state index is -0.463. The predicted molar refractivity (Wildman–Crippen MR) is 100 cm³/mol. The molecule has 0 bridgehead atoms. The van der Waals surface area contributed by atoms with E-state index in [4.69, 9.17) is 8.83 Å². The first-order valence-electron chi connectivity index (χ1n) is 8.19. The first kappa shape index (κ1) is 17.9. The van der Waals surface area contributed by atoms with Crippen LogP contribution >= 0.6 is 11.8 Å². The minimum Gasteiger partial charge on any atom is -0.420 e. The molecule has 0 saturated carbocycles. The third-order valence-electron chi connectivity index (χ3n) is 3.78. The van der Waals surface area contributed by atoms with Crippen molar-refractivity contribution in [3.63, 3.8) is 0 Å². The van der Waals surface area contributed by atoms with E-state index >= 15 is 0 Å². The van der Waals surface area contributed by atoms with Gasteiger partial charge in [-0.3, -0.25) is 10.1 Å².